The molecule has 2 amide bonds. The predicted molar refractivity (Wildman–Crippen MR) is 85.1 cm³/mol. The van der Waals surface area contributed by atoms with Crippen molar-refractivity contribution in [2.45, 2.75) is 33.1 Å². The van der Waals surface area contributed by atoms with Crippen LogP contribution in [0.3, 0.4) is 0 Å². The Hall–Kier alpha value is -2.04. The molecular formula is C17H24N2O3. The van der Waals surface area contributed by atoms with Crippen LogP contribution in [0.5, 0.6) is 0 Å². The fraction of sp³-hybridized carbons (Fsp3) is 0.529. The number of amides is 2. The van der Waals surface area contributed by atoms with E-state index in [4.69, 9.17) is 4.42 Å². The van der Waals surface area contributed by atoms with Crippen LogP contribution in [0.2, 0.25) is 0 Å². The third-order valence-corrected chi connectivity index (χ3v) is 3.77. The van der Waals surface area contributed by atoms with Gasteiger partial charge in [-0.05, 0) is 30.5 Å². The van der Waals surface area contributed by atoms with Gasteiger partial charge < -0.3 is 15.1 Å². The zero-order valence-corrected chi connectivity index (χ0v) is 13.4. The van der Waals surface area contributed by atoms with Gasteiger partial charge in [-0.2, -0.15) is 0 Å². The van der Waals surface area contributed by atoms with E-state index in [9.17, 15) is 9.59 Å². The lowest BCUT2D eigenvalue weighted by atomic mass is 10.2. The summed E-state index contributed by atoms with van der Waals surface area (Å²) in [5.74, 6) is 2.69. The fourth-order valence-electron chi connectivity index (χ4n) is 2.17. The molecule has 1 aromatic heterocycles. The zero-order valence-electron chi connectivity index (χ0n) is 13.4. The predicted octanol–water partition coefficient (Wildman–Crippen LogP) is 2.30. The van der Waals surface area contributed by atoms with Gasteiger partial charge >= 0.3 is 0 Å². The largest absolute Gasteiger partial charge is 0.461 e. The van der Waals surface area contributed by atoms with Gasteiger partial charge in [0.15, 0.2) is 0 Å². The fourth-order valence-corrected chi connectivity index (χ4v) is 2.17. The summed E-state index contributed by atoms with van der Waals surface area (Å²) in [6.07, 6.45) is 4.29. The van der Waals surface area contributed by atoms with E-state index in [0.29, 0.717) is 30.7 Å². The average molecular weight is 304 g/mol. The van der Waals surface area contributed by atoms with Gasteiger partial charge in [-0.15, -0.1) is 0 Å². The number of carbonyl (C=O) groups is 2. The zero-order chi connectivity index (χ0) is 16.1. The summed E-state index contributed by atoms with van der Waals surface area (Å²) in [6.45, 7) is 6.70. The van der Waals surface area contributed by atoms with Crippen LogP contribution < -0.4 is 10.6 Å². The third-order valence-electron chi connectivity index (χ3n) is 3.77. The molecule has 0 radical (unpaired) electrons. The molecule has 1 saturated carbocycles. The summed E-state index contributed by atoms with van der Waals surface area (Å²) in [5.41, 5.74) is 0. The molecule has 5 heteroatoms. The minimum Gasteiger partial charge on any atom is -0.461 e. The maximum absolute atomic E-state index is 11.6. The minimum absolute atomic E-state index is 0.0118. The first-order chi connectivity index (χ1) is 10.5. The van der Waals surface area contributed by atoms with Crippen molar-refractivity contribution in [3.8, 4) is 0 Å². The van der Waals surface area contributed by atoms with Gasteiger partial charge in [0.25, 0.3) is 0 Å². The molecule has 120 valence electrons. The highest BCUT2D eigenvalue weighted by atomic mass is 16.3. The van der Waals surface area contributed by atoms with Crippen LogP contribution in [-0.2, 0) is 9.59 Å². The topological polar surface area (TPSA) is 71.3 Å². The Labute approximate surface area is 131 Å². The highest BCUT2D eigenvalue weighted by Gasteiger charge is 2.36. The van der Waals surface area contributed by atoms with E-state index in [-0.39, 0.29) is 17.7 Å². The van der Waals surface area contributed by atoms with Crippen LogP contribution in [0.4, 0.5) is 0 Å². The van der Waals surface area contributed by atoms with Crippen LogP contribution in [0.25, 0.3) is 6.08 Å². The van der Waals surface area contributed by atoms with Crippen molar-refractivity contribution >= 4 is 17.9 Å². The second-order valence-electron chi connectivity index (χ2n) is 6.13. The molecule has 1 aromatic rings. The van der Waals surface area contributed by atoms with Crippen molar-refractivity contribution in [3.05, 3.63) is 29.7 Å². The van der Waals surface area contributed by atoms with Crippen molar-refractivity contribution in [2.24, 2.45) is 11.8 Å². The third kappa shape index (κ3) is 4.76. The number of hydrogen-bond donors (Lipinski definition) is 2. The van der Waals surface area contributed by atoms with Crippen molar-refractivity contribution in [1.29, 1.82) is 0 Å². The van der Waals surface area contributed by atoms with Crippen LogP contribution in [0.15, 0.2) is 22.6 Å². The number of hydrogen-bond acceptors (Lipinski definition) is 3. The summed E-state index contributed by atoms with van der Waals surface area (Å²) in [6, 6.07) is 3.86. The van der Waals surface area contributed by atoms with Gasteiger partial charge in [-0.1, -0.05) is 20.8 Å². The van der Waals surface area contributed by atoms with E-state index in [1.54, 1.807) is 6.08 Å². The molecule has 2 unspecified atom stereocenters. The van der Waals surface area contributed by atoms with Crippen LogP contribution >= 0.6 is 0 Å². The molecule has 5 nitrogen and oxygen atoms in total. The summed E-state index contributed by atoms with van der Waals surface area (Å²) < 4.78 is 5.69. The molecule has 0 saturated heterocycles. The molecule has 0 spiro atoms. The first-order valence-corrected chi connectivity index (χ1v) is 7.80. The molecule has 0 aromatic carbocycles. The Kier molecular flexibility index (Phi) is 5.41. The molecule has 0 bridgehead atoms. The Balaban J connectivity index is 1.68. The molecule has 22 heavy (non-hydrogen) atoms. The van der Waals surface area contributed by atoms with Crippen molar-refractivity contribution in [1.82, 2.24) is 10.6 Å². The molecular weight excluding hydrogens is 280 g/mol. The van der Waals surface area contributed by atoms with E-state index in [0.717, 1.165) is 5.76 Å². The summed E-state index contributed by atoms with van der Waals surface area (Å²) in [7, 11) is 0. The SMILES string of the molecule is CC(C)C(=O)NCCNC(=O)/C=C/c1ccc(C2CC2C)o1. The van der Waals surface area contributed by atoms with Gasteiger partial charge in [-0.25, -0.2) is 0 Å². The maximum atomic E-state index is 11.6. The second kappa shape index (κ2) is 7.29. The standard InChI is InChI=1S/C17H24N2O3/c1-11(2)17(21)19-9-8-18-16(20)7-5-13-4-6-15(22-13)14-10-12(14)3/h4-7,11-12,14H,8-10H2,1-3H3,(H,18,20)(H,19,21)/b7-5+. The Bertz CT molecular complexity index is 560. The van der Waals surface area contributed by atoms with E-state index >= 15 is 0 Å². The van der Waals surface area contributed by atoms with Gasteiger partial charge in [0, 0.05) is 31.0 Å². The monoisotopic (exact) mass is 304 g/mol. The Morgan fingerprint density at radius 2 is 2.00 bits per heavy atom. The molecule has 1 aliphatic carbocycles. The highest BCUT2D eigenvalue weighted by molar-refractivity contribution is 5.91. The summed E-state index contributed by atoms with van der Waals surface area (Å²) >= 11 is 0. The van der Waals surface area contributed by atoms with Crippen molar-refractivity contribution in [3.63, 3.8) is 0 Å². The molecule has 1 heterocycles. The summed E-state index contributed by atoms with van der Waals surface area (Å²) in [4.78, 5) is 23.0. The van der Waals surface area contributed by atoms with Gasteiger partial charge in [0.2, 0.25) is 11.8 Å². The smallest absolute Gasteiger partial charge is 0.244 e. The van der Waals surface area contributed by atoms with Crippen LogP contribution in [-0.4, -0.2) is 24.9 Å². The number of furan rings is 1. The number of nitrogens with one attached hydrogen (secondary N) is 2. The highest BCUT2D eigenvalue weighted by Crippen LogP contribution is 2.47. The molecule has 1 fully saturated rings. The van der Waals surface area contributed by atoms with E-state index < -0.39 is 0 Å². The molecule has 1 aliphatic rings. The lowest BCUT2D eigenvalue weighted by Gasteiger charge is -2.07. The molecule has 0 aliphatic heterocycles. The molecule has 2 rings (SSSR count). The quantitative estimate of drug-likeness (QED) is 0.600. The Morgan fingerprint density at radius 1 is 1.32 bits per heavy atom. The van der Waals surface area contributed by atoms with Gasteiger partial charge in [0.05, 0.1) is 0 Å². The number of rotatable bonds is 7. The maximum Gasteiger partial charge on any atom is 0.244 e. The first-order valence-electron chi connectivity index (χ1n) is 7.80. The average Bonchev–Trinajstić information content (AvgIpc) is 3.02. The normalized spacial score (nSPS) is 20.4. The Morgan fingerprint density at radius 3 is 2.64 bits per heavy atom. The van der Waals surface area contributed by atoms with Crippen LogP contribution in [0, 0.1) is 11.8 Å². The van der Waals surface area contributed by atoms with Crippen LogP contribution in [0.1, 0.15) is 44.6 Å². The second-order valence-corrected chi connectivity index (χ2v) is 6.13. The number of carbonyl (C=O) groups excluding carboxylic acids is 2. The lowest BCUT2D eigenvalue weighted by molar-refractivity contribution is -0.124. The minimum atomic E-state index is -0.198. The van der Waals surface area contributed by atoms with E-state index in [1.165, 1.54) is 12.5 Å². The van der Waals surface area contributed by atoms with Crippen molar-refractivity contribution < 1.29 is 14.0 Å². The van der Waals surface area contributed by atoms with Gasteiger partial charge in [0.1, 0.15) is 11.5 Å². The van der Waals surface area contributed by atoms with Gasteiger partial charge in [-0.3, -0.25) is 9.59 Å². The molecule has 2 atom stereocenters. The van der Waals surface area contributed by atoms with E-state index in [1.807, 2.05) is 26.0 Å². The molecule has 2 N–H and O–H groups in total. The first kappa shape index (κ1) is 16.3. The lowest BCUT2D eigenvalue weighted by Crippen LogP contribution is -2.35. The summed E-state index contributed by atoms with van der Waals surface area (Å²) in [5, 5.41) is 5.46. The van der Waals surface area contributed by atoms with Crippen molar-refractivity contribution in [2.75, 3.05) is 13.1 Å². The van der Waals surface area contributed by atoms with E-state index in [2.05, 4.69) is 17.6 Å².